The summed E-state index contributed by atoms with van der Waals surface area (Å²) < 4.78 is 1.77. The van der Waals surface area contributed by atoms with Crippen molar-refractivity contribution in [2.24, 2.45) is 7.05 Å². The van der Waals surface area contributed by atoms with Gasteiger partial charge in [-0.3, -0.25) is 14.5 Å². The molecular weight excluding hydrogens is 240 g/mol. The molecule has 0 bridgehead atoms. The van der Waals surface area contributed by atoms with Crippen LogP contribution in [0.4, 0.5) is 0 Å². The lowest BCUT2D eigenvalue weighted by molar-refractivity contribution is 0.0729. The highest BCUT2D eigenvalue weighted by atomic mass is 16.2. The van der Waals surface area contributed by atoms with E-state index in [1.165, 1.54) is 0 Å². The fourth-order valence-corrected chi connectivity index (χ4v) is 2.60. The van der Waals surface area contributed by atoms with E-state index in [0.717, 1.165) is 24.9 Å². The summed E-state index contributed by atoms with van der Waals surface area (Å²) in [5.41, 5.74) is 1.61. The van der Waals surface area contributed by atoms with Crippen LogP contribution in [0.15, 0.2) is 36.8 Å². The van der Waals surface area contributed by atoms with E-state index >= 15 is 0 Å². The first-order chi connectivity index (χ1) is 9.25. The van der Waals surface area contributed by atoms with Crippen molar-refractivity contribution in [1.82, 2.24) is 19.7 Å². The van der Waals surface area contributed by atoms with Gasteiger partial charge >= 0.3 is 0 Å². The SMILES string of the molecule is Cn1cc(C2CCCN2C(=O)c2ccccn2)cn1. The number of amides is 1. The number of carbonyl (C=O) groups is 1. The van der Waals surface area contributed by atoms with Crippen molar-refractivity contribution in [3.8, 4) is 0 Å². The number of pyridine rings is 1. The first kappa shape index (κ1) is 11.9. The Bertz CT molecular complexity index is 578. The van der Waals surface area contributed by atoms with E-state index in [4.69, 9.17) is 0 Å². The second kappa shape index (κ2) is 4.84. The molecule has 2 aromatic heterocycles. The molecule has 2 aromatic rings. The minimum atomic E-state index is 0.00644. The van der Waals surface area contributed by atoms with Crippen molar-refractivity contribution in [2.45, 2.75) is 18.9 Å². The minimum absolute atomic E-state index is 0.00644. The van der Waals surface area contributed by atoms with E-state index in [-0.39, 0.29) is 11.9 Å². The molecule has 19 heavy (non-hydrogen) atoms. The zero-order valence-electron chi connectivity index (χ0n) is 10.9. The predicted octanol–water partition coefficient (Wildman–Crippen LogP) is 1.79. The number of nitrogens with zero attached hydrogens (tertiary/aromatic N) is 4. The van der Waals surface area contributed by atoms with Gasteiger partial charge in [-0.25, -0.2) is 0 Å². The predicted molar refractivity (Wildman–Crippen MR) is 70.5 cm³/mol. The first-order valence-electron chi connectivity index (χ1n) is 6.46. The van der Waals surface area contributed by atoms with Crippen LogP contribution in [0.3, 0.4) is 0 Å². The highest BCUT2D eigenvalue weighted by Crippen LogP contribution is 2.32. The largest absolute Gasteiger partial charge is 0.330 e. The molecular formula is C14H16N4O. The third-order valence-corrected chi connectivity index (χ3v) is 3.51. The Morgan fingerprint density at radius 1 is 1.42 bits per heavy atom. The van der Waals surface area contributed by atoms with Crippen LogP contribution in [0, 0.1) is 0 Å². The number of hydrogen-bond acceptors (Lipinski definition) is 3. The molecule has 1 fully saturated rings. The maximum Gasteiger partial charge on any atom is 0.272 e. The van der Waals surface area contributed by atoms with Crippen molar-refractivity contribution in [3.63, 3.8) is 0 Å². The lowest BCUT2D eigenvalue weighted by Crippen LogP contribution is -2.31. The highest BCUT2D eigenvalue weighted by molar-refractivity contribution is 5.92. The van der Waals surface area contributed by atoms with Gasteiger partial charge in [0, 0.05) is 31.5 Å². The topological polar surface area (TPSA) is 51.0 Å². The van der Waals surface area contributed by atoms with Crippen LogP contribution in [-0.2, 0) is 7.05 Å². The summed E-state index contributed by atoms with van der Waals surface area (Å²) in [6.45, 7) is 0.787. The Hall–Kier alpha value is -2.17. The van der Waals surface area contributed by atoms with Gasteiger partial charge in [0.2, 0.25) is 0 Å². The summed E-state index contributed by atoms with van der Waals surface area (Å²) >= 11 is 0. The van der Waals surface area contributed by atoms with Crippen LogP contribution in [-0.4, -0.2) is 32.1 Å². The average molecular weight is 256 g/mol. The molecule has 0 radical (unpaired) electrons. The second-order valence-electron chi connectivity index (χ2n) is 4.82. The first-order valence-corrected chi connectivity index (χ1v) is 6.46. The Labute approximate surface area is 111 Å². The molecule has 98 valence electrons. The van der Waals surface area contributed by atoms with Crippen LogP contribution in [0.5, 0.6) is 0 Å². The summed E-state index contributed by atoms with van der Waals surface area (Å²) in [6.07, 6.45) is 7.49. The summed E-state index contributed by atoms with van der Waals surface area (Å²) in [6, 6.07) is 5.55. The van der Waals surface area contributed by atoms with E-state index < -0.39 is 0 Å². The van der Waals surface area contributed by atoms with E-state index in [1.807, 2.05) is 36.5 Å². The number of rotatable bonds is 2. The summed E-state index contributed by atoms with van der Waals surface area (Å²) in [4.78, 5) is 18.5. The number of hydrogen-bond donors (Lipinski definition) is 0. The summed E-state index contributed by atoms with van der Waals surface area (Å²) in [7, 11) is 1.89. The van der Waals surface area contributed by atoms with E-state index in [1.54, 1.807) is 16.9 Å². The van der Waals surface area contributed by atoms with E-state index in [2.05, 4.69) is 10.1 Å². The Morgan fingerprint density at radius 3 is 3.00 bits per heavy atom. The fourth-order valence-electron chi connectivity index (χ4n) is 2.60. The molecule has 5 heteroatoms. The molecule has 3 rings (SSSR count). The van der Waals surface area contributed by atoms with Crippen LogP contribution in [0.2, 0.25) is 0 Å². The fraction of sp³-hybridized carbons (Fsp3) is 0.357. The molecule has 1 amide bonds. The molecule has 1 aliphatic rings. The molecule has 0 aromatic carbocycles. The minimum Gasteiger partial charge on any atom is -0.330 e. The Balaban J connectivity index is 1.86. The third-order valence-electron chi connectivity index (χ3n) is 3.51. The van der Waals surface area contributed by atoms with Gasteiger partial charge in [-0.15, -0.1) is 0 Å². The third kappa shape index (κ3) is 2.23. The van der Waals surface area contributed by atoms with Gasteiger partial charge < -0.3 is 4.90 Å². The molecule has 1 saturated heterocycles. The van der Waals surface area contributed by atoms with Crippen molar-refractivity contribution < 1.29 is 4.79 Å². The van der Waals surface area contributed by atoms with Crippen LogP contribution in [0.25, 0.3) is 0 Å². The maximum absolute atomic E-state index is 12.5. The smallest absolute Gasteiger partial charge is 0.272 e. The molecule has 1 atom stereocenters. The molecule has 1 aliphatic heterocycles. The Morgan fingerprint density at radius 2 is 2.32 bits per heavy atom. The van der Waals surface area contributed by atoms with Gasteiger partial charge in [-0.1, -0.05) is 6.07 Å². The molecule has 0 spiro atoms. The van der Waals surface area contributed by atoms with Crippen molar-refractivity contribution >= 4 is 5.91 Å². The molecule has 0 aliphatic carbocycles. The van der Waals surface area contributed by atoms with Crippen molar-refractivity contribution in [2.75, 3.05) is 6.54 Å². The molecule has 0 saturated carbocycles. The van der Waals surface area contributed by atoms with Gasteiger partial charge in [0.1, 0.15) is 5.69 Å². The van der Waals surface area contributed by atoms with Crippen LogP contribution < -0.4 is 0 Å². The highest BCUT2D eigenvalue weighted by Gasteiger charge is 2.31. The van der Waals surface area contributed by atoms with Gasteiger partial charge in [-0.05, 0) is 25.0 Å². The normalized spacial score (nSPS) is 18.8. The molecule has 3 heterocycles. The average Bonchev–Trinajstić information content (AvgIpc) is 3.07. The van der Waals surface area contributed by atoms with Gasteiger partial charge in [0.15, 0.2) is 0 Å². The monoisotopic (exact) mass is 256 g/mol. The van der Waals surface area contributed by atoms with Crippen LogP contribution in [0.1, 0.15) is 34.9 Å². The second-order valence-corrected chi connectivity index (χ2v) is 4.82. The quantitative estimate of drug-likeness (QED) is 0.823. The number of carbonyl (C=O) groups excluding carboxylic acids is 1. The zero-order chi connectivity index (χ0) is 13.2. The molecule has 0 N–H and O–H groups in total. The Kier molecular flexibility index (Phi) is 3.03. The van der Waals surface area contributed by atoms with Crippen LogP contribution >= 0.6 is 0 Å². The maximum atomic E-state index is 12.5. The lowest BCUT2D eigenvalue weighted by atomic mass is 10.1. The van der Waals surface area contributed by atoms with E-state index in [9.17, 15) is 4.79 Å². The standard InChI is InChI=1S/C14H16N4O/c1-17-10-11(9-16-17)13-6-4-8-18(13)14(19)12-5-2-3-7-15-12/h2-3,5,7,9-10,13H,4,6,8H2,1H3. The summed E-state index contributed by atoms with van der Waals surface area (Å²) in [5.74, 6) is 0.00644. The van der Waals surface area contributed by atoms with Gasteiger partial charge in [0.05, 0.1) is 12.2 Å². The zero-order valence-corrected chi connectivity index (χ0v) is 10.9. The number of aromatic nitrogens is 3. The number of aryl methyl sites for hydroxylation is 1. The number of likely N-dealkylation sites (tertiary alicyclic amines) is 1. The summed E-state index contributed by atoms with van der Waals surface area (Å²) in [5, 5.41) is 4.19. The molecule has 1 unspecified atom stereocenters. The van der Waals surface area contributed by atoms with Gasteiger partial charge in [0.25, 0.3) is 5.91 Å². The lowest BCUT2D eigenvalue weighted by Gasteiger charge is -2.23. The van der Waals surface area contributed by atoms with Crippen molar-refractivity contribution in [3.05, 3.63) is 48.0 Å². The van der Waals surface area contributed by atoms with Crippen molar-refractivity contribution in [1.29, 1.82) is 0 Å². The molecule has 5 nitrogen and oxygen atoms in total. The van der Waals surface area contributed by atoms with E-state index in [0.29, 0.717) is 5.69 Å². The van der Waals surface area contributed by atoms with Gasteiger partial charge in [-0.2, -0.15) is 5.10 Å².